The predicted molar refractivity (Wildman–Crippen MR) is 281 cm³/mol. The molecular formula is C56H100N2O6P+. The van der Waals surface area contributed by atoms with Gasteiger partial charge in [0.2, 0.25) is 5.91 Å². The molecule has 8 nitrogen and oxygen atoms in total. The van der Waals surface area contributed by atoms with Crippen molar-refractivity contribution in [1.82, 2.24) is 5.32 Å². The summed E-state index contributed by atoms with van der Waals surface area (Å²) < 4.78 is 23.6. The van der Waals surface area contributed by atoms with Crippen LogP contribution in [0.15, 0.2) is 97.2 Å². The minimum atomic E-state index is -4.37. The number of hydrogen-bond acceptors (Lipinski definition) is 5. The monoisotopic (exact) mass is 928 g/mol. The Bertz CT molecular complexity index is 1370. The van der Waals surface area contributed by atoms with Crippen LogP contribution >= 0.6 is 7.82 Å². The summed E-state index contributed by atoms with van der Waals surface area (Å²) in [6.45, 7) is 4.65. The number of allylic oxidation sites excluding steroid dienone is 15. The Morgan fingerprint density at radius 1 is 0.538 bits per heavy atom. The number of likely N-dealkylation sites (N-methyl/N-ethyl adjacent to an activating group) is 1. The van der Waals surface area contributed by atoms with E-state index in [0.717, 1.165) is 96.3 Å². The smallest absolute Gasteiger partial charge is 0.387 e. The van der Waals surface area contributed by atoms with Gasteiger partial charge in [-0.15, -0.1) is 0 Å². The quantitative estimate of drug-likeness (QED) is 0.0243. The van der Waals surface area contributed by atoms with Gasteiger partial charge in [-0.2, -0.15) is 0 Å². The molecule has 65 heavy (non-hydrogen) atoms. The van der Waals surface area contributed by atoms with Gasteiger partial charge in [-0.05, 0) is 89.9 Å². The molecular weight excluding hydrogens is 828 g/mol. The van der Waals surface area contributed by atoms with Gasteiger partial charge < -0.3 is 19.8 Å². The highest BCUT2D eigenvalue weighted by molar-refractivity contribution is 7.47. The molecule has 0 aliphatic rings. The summed E-state index contributed by atoms with van der Waals surface area (Å²) in [6, 6.07) is -0.887. The van der Waals surface area contributed by atoms with Crippen molar-refractivity contribution in [2.45, 2.75) is 212 Å². The second-order valence-corrected chi connectivity index (χ2v) is 19.9. The number of rotatable bonds is 46. The summed E-state index contributed by atoms with van der Waals surface area (Å²) in [5, 5.41) is 13.9. The Balaban J connectivity index is 4.45. The molecule has 0 aromatic carbocycles. The van der Waals surface area contributed by atoms with Crippen LogP contribution in [-0.2, 0) is 18.4 Å². The second-order valence-electron chi connectivity index (χ2n) is 18.5. The van der Waals surface area contributed by atoms with Crippen LogP contribution in [0.25, 0.3) is 0 Å². The molecule has 0 spiro atoms. The highest BCUT2D eigenvalue weighted by Crippen LogP contribution is 2.43. The molecule has 0 aliphatic heterocycles. The zero-order valence-electron chi connectivity index (χ0n) is 42.4. The van der Waals surface area contributed by atoms with E-state index in [1.807, 2.05) is 27.2 Å². The molecule has 0 rings (SSSR count). The number of phosphoric ester groups is 1. The maximum Gasteiger partial charge on any atom is 0.472 e. The van der Waals surface area contributed by atoms with E-state index in [9.17, 15) is 19.4 Å². The SMILES string of the molecule is CC/C=C\C/C=C\C/C=C\C/C=C\C/C=C\CCCCCCCC(=O)NC(COP(=O)(O)OCC[N+](C)(C)C)C(O)/C=C/CC/C=C/CC/C=C/CCCCCCCCCCCCCC. The third-order valence-electron chi connectivity index (χ3n) is 11.0. The average molecular weight is 928 g/mol. The topological polar surface area (TPSA) is 105 Å². The highest BCUT2D eigenvalue weighted by atomic mass is 31.2. The fourth-order valence-corrected chi connectivity index (χ4v) is 7.66. The van der Waals surface area contributed by atoms with Gasteiger partial charge in [-0.1, -0.05) is 201 Å². The number of phosphoric acid groups is 1. The largest absolute Gasteiger partial charge is 0.472 e. The Labute approximate surface area is 400 Å². The molecule has 1 amide bonds. The molecule has 0 aliphatic carbocycles. The van der Waals surface area contributed by atoms with E-state index in [2.05, 4.69) is 104 Å². The second kappa shape index (κ2) is 46.5. The summed E-state index contributed by atoms with van der Waals surface area (Å²) in [6.07, 6.45) is 66.4. The van der Waals surface area contributed by atoms with Crippen LogP contribution in [0.5, 0.6) is 0 Å². The fourth-order valence-electron chi connectivity index (χ4n) is 6.92. The number of aliphatic hydroxyl groups is 1. The summed E-state index contributed by atoms with van der Waals surface area (Å²) in [4.78, 5) is 23.2. The first kappa shape index (κ1) is 62.4. The van der Waals surface area contributed by atoms with Gasteiger partial charge in [0, 0.05) is 6.42 Å². The molecule has 374 valence electrons. The lowest BCUT2D eigenvalue weighted by molar-refractivity contribution is -0.870. The van der Waals surface area contributed by atoms with E-state index in [1.54, 1.807) is 6.08 Å². The van der Waals surface area contributed by atoms with Crippen LogP contribution in [0.1, 0.15) is 200 Å². The van der Waals surface area contributed by atoms with Crippen LogP contribution in [0.2, 0.25) is 0 Å². The van der Waals surface area contributed by atoms with Crippen LogP contribution in [0.4, 0.5) is 0 Å². The van der Waals surface area contributed by atoms with Crippen molar-refractivity contribution < 1.29 is 32.9 Å². The average Bonchev–Trinajstić information content (AvgIpc) is 3.26. The van der Waals surface area contributed by atoms with Crippen LogP contribution in [0.3, 0.4) is 0 Å². The van der Waals surface area contributed by atoms with E-state index in [0.29, 0.717) is 17.4 Å². The molecule has 0 saturated carbocycles. The number of amides is 1. The Morgan fingerprint density at radius 3 is 1.42 bits per heavy atom. The van der Waals surface area contributed by atoms with Crippen molar-refractivity contribution in [1.29, 1.82) is 0 Å². The standard InChI is InChI=1S/C56H99N2O6P/c1-6-8-10-12-14-16-18-20-22-24-26-28-30-31-33-35-37-39-41-43-45-47-49-55(59)54(53-64-65(61,62)63-52-51-58(3,4)5)57-56(60)50-48-46-44-42-40-38-36-34-32-29-27-25-23-21-19-17-15-13-11-9-7-2/h9,11,15,17,21,23,27,29,31,33-34,36,39,41,47,49,54-55,59H,6-8,10,12-14,16,18-20,22,24-26,28,30,32,35,37-38,40,42-46,48,50-53H2,1-5H3,(H-,57,60,61,62)/p+1/b11-9-,17-15-,23-21-,29-27-,33-31+,36-34-,41-39+,49-47+. The van der Waals surface area contributed by atoms with Gasteiger partial charge in [0.15, 0.2) is 0 Å². The number of quaternary nitrogens is 1. The van der Waals surface area contributed by atoms with Crippen molar-refractivity contribution in [2.75, 3.05) is 40.9 Å². The molecule has 0 fully saturated rings. The Kier molecular flexibility index (Phi) is 44.7. The molecule has 0 saturated heterocycles. The third-order valence-corrected chi connectivity index (χ3v) is 12.0. The van der Waals surface area contributed by atoms with E-state index >= 15 is 0 Å². The van der Waals surface area contributed by atoms with E-state index < -0.39 is 20.0 Å². The van der Waals surface area contributed by atoms with Crippen LogP contribution < -0.4 is 5.32 Å². The summed E-state index contributed by atoms with van der Waals surface area (Å²) in [5.74, 6) is -0.213. The lowest BCUT2D eigenvalue weighted by Gasteiger charge is -2.25. The molecule has 3 N–H and O–H groups in total. The third kappa shape index (κ3) is 49.2. The van der Waals surface area contributed by atoms with Gasteiger partial charge in [-0.25, -0.2) is 4.57 Å². The maximum atomic E-state index is 12.9. The first-order valence-corrected chi connectivity index (χ1v) is 27.6. The Morgan fingerprint density at radius 2 is 0.938 bits per heavy atom. The van der Waals surface area contributed by atoms with Crippen molar-refractivity contribution >= 4 is 13.7 Å². The van der Waals surface area contributed by atoms with Crippen molar-refractivity contribution in [3.05, 3.63) is 97.2 Å². The minimum Gasteiger partial charge on any atom is -0.387 e. The molecule has 0 bridgehead atoms. The first-order chi connectivity index (χ1) is 31.5. The molecule has 0 aromatic heterocycles. The number of nitrogens with zero attached hydrogens (tertiary/aromatic N) is 1. The molecule has 9 heteroatoms. The summed E-state index contributed by atoms with van der Waals surface area (Å²) >= 11 is 0. The lowest BCUT2D eigenvalue weighted by atomic mass is 10.0. The van der Waals surface area contributed by atoms with Gasteiger partial charge in [0.25, 0.3) is 0 Å². The van der Waals surface area contributed by atoms with Crippen molar-refractivity contribution in [3.63, 3.8) is 0 Å². The van der Waals surface area contributed by atoms with Gasteiger partial charge in [0.1, 0.15) is 13.2 Å². The molecule has 0 heterocycles. The number of carbonyl (C=O) groups excluding carboxylic acids is 1. The minimum absolute atomic E-state index is 0.0440. The predicted octanol–water partition coefficient (Wildman–Crippen LogP) is 15.5. The zero-order chi connectivity index (χ0) is 47.8. The number of unbranched alkanes of at least 4 members (excludes halogenated alkanes) is 19. The van der Waals surface area contributed by atoms with Gasteiger partial charge in [0.05, 0.1) is 39.9 Å². The maximum absolute atomic E-state index is 12.9. The lowest BCUT2D eigenvalue weighted by Crippen LogP contribution is -2.45. The fraction of sp³-hybridized carbons (Fsp3) is 0.696. The normalized spacial score (nSPS) is 14.9. The van der Waals surface area contributed by atoms with Gasteiger partial charge in [-0.3, -0.25) is 13.8 Å². The van der Waals surface area contributed by atoms with Gasteiger partial charge >= 0.3 is 7.82 Å². The van der Waals surface area contributed by atoms with Crippen LogP contribution in [-0.4, -0.2) is 73.4 Å². The van der Waals surface area contributed by atoms with E-state index in [4.69, 9.17) is 9.05 Å². The highest BCUT2D eigenvalue weighted by Gasteiger charge is 2.27. The summed E-state index contributed by atoms with van der Waals surface area (Å²) in [7, 11) is 1.52. The van der Waals surface area contributed by atoms with Crippen LogP contribution in [0, 0.1) is 0 Å². The molecule has 0 aromatic rings. The number of hydrogen-bond donors (Lipinski definition) is 3. The van der Waals surface area contributed by atoms with E-state index in [1.165, 1.54) is 83.5 Å². The van der Waals surface area contributed by atoms with Crippen molar-refractivity contribution in [3.8, 4) is 0 Å². The number of aliphatic hydroxyl groups excluding tert-OH is 1. The summed E-state index contributed by atoms with van der Waals surface area (Å²) in [5.41, 5.74) is 0. The zero-order valence-corrected chi connectivity index (χ0v) is 43.3. The first-order valence-electron chi connectivity index (χ1n) is 26.1. The Hall–Kier alpha value is -2.58. The number of carbonyl (C=O) groups is 1. The molecule has 3 unspecified atom stereocenters. The van der Waals surface area contributed by atoms with Crippen molar-refractivity contribution in [2.24, 2.45) is 0 Å². The number of nitrogens with one attached hydrogen (secondary N) is 1. The van der Waals surface area contributed by atoms with E-state index in [-0.39, 0.29) is 19.1 Å². The molecule has 0 radical (unpaired) electrons. The molecule has 3 atom stereocenters.